The minimum atomic E-state index is -0.408. The fraction of sp³-hybridized carbons (Fsp3) is 0.909. The molecule has 1 aliphatic heterocycles. The molecule has 1 amide bonds. The molecule has 1 fully saturated rings. The summed E-state index contributed by atoms with van der Waals surface area (Å²) >= 11 is 0. The Balaban J connectivity index is 2.52. The van der Waals surface area contributed by atoms with Crippen molar-refractivity contribution < 1.29 is 9.53 Å². The first-order chi connectivity index (χ1) is 6.78. The van der Waals surface area contributed by atoms with Crippen LogP contribution in [0.3, 0.4) is 0 Å². The molecule has 0 bridgehead atoms. The molecule has 15 heavy (non-hydrogen) atoms. The maximum Gasteiger partial charge on any atom is 0.410 e. The predicted octanol–water partition coefficient (Wildman–Crippen LogP) is 1.60. The zero-order chi connectivity index (χ0) is 11.6. The summed E-state index contributed by atoms with van der Waals surface area (Å²) in [6.45, 7) is 11.3. The summed E-state index contributed by atoms with van der Waals surface area (Å²) in [7, 11) is 0. The highest BCUT2D eigenvalue weighted by atomic mass is 16.6. The first-order valence-electron chi connectivity index (χ1n) is 5.52. The molecular formula is C11H22N2O2. The Labute approximate surface area is 92.0 Å². The lowest BCUT2D eigenvalue weighted by Gasteiger charge is -2.36. The van der Waals surface area contributed by atoms with Crippen LogP contribution in [0, 0.1) is 0 Å². The zero-order valence-electron chi connectivity index (χ0n) is 10.3. The van der Waals surface area contributed by atoms with E-state index in [0.717, 1.165) is 13.1 Å². The number of amides is 1. The van der Waals surface area contributed by atoms with E-state index in [2.05, 4.69) is 19.2 Å². The largest absolute Gasteiger partial charge is 0.444 e. The van der Waals surface area contributed by atoms with Gasteiger partial charge in [0.1, 0.15) is 5.60 Å². The van der Waals surface area contributed by atoms with Crippen LogP contribution in [0.25, 0.3) is 0 Å². The number of carbonyl (C=O) groups is 1. The number of nitrogens with zero attached hydrogens (tertiary/aromatic N) is 1. The van der Waals surface area contributed by atoms with E-state index in [9.17, 15) is 4.79 Å². The molecule has 0 radical (unpaired) electrons. The molecule has 0 saturated carbocycles. The Hall–Kier alpha value is -0.770. The van der Waals surface area contributed by atoms with Crippen molar-refractivity contribution in [3.8, 4) is 0 Å². The van der Waals surface area contributed by atoms with Gasteiger partial charge in [-0.15, -0.1) is 0 Å². The summed E-state index contributed by atoms with van der Waals surface area (Å²) in [5, 5.41) is 3.38. The van der Waals surface area contributed by atoms with Crippen LogP contribution in [-0.4, -0.2) is 41.8 Å². The van der Waals surface area contributed by atoms with Crippen LogP contribution in [0.15, 0.2) is 0 Å². The Morgan fingerprint density at radius 2 is 1.73 bits per heavy atom. The van der Waals surface area contributed by atoms with Crippen LogP contribution in [0.5, 0.6) is 0 Å². The highest BCUT2D eigenvalue weighted by Gasteiger charge is 2.28. The highest BCUT2D eigenvalue weighted by molar-refractivity contribution is 5.68. The minimum Gasteiger partial charge on any atom is -0.444 e. The molecule has 1 aliphatic rings. The molecule has 4 heteroatoms. The van der Waals surface area contributed by atoms with Crippen molar-refractivity contribution in [2.24, 2.45) is 0 Å². The maximum absolute atomic E-state index is 11.8. The van der Waals surface area contributed by atoms with Crippen molar-refractivity contribution in [1.82, 2.24) is 10.2 Å². The van der Waals surface area contributed by atoms with Crippen LogP contribution >= 0.6 is 0 Å². The van der Waals surface area contributed by atoms with Gasteiger partial charge >= 0.3 is 6.09 Å². The van der Waals surface area contributed by atoms with Gasteiger partial charge in [-0.05, 0) is 34.6 Å². The molecule has 1 unspecified atom stereocenters. The molecule has 1 N–H and O–H groups in total. The van der Waals surface area contributed by atoms with Gasteiger partial charge < -0.3 is 15.0 Å². The average molecular weight is 214 g/mol. The SMILES string of the molecule is CC1CN(C(=O)OC(C)(C)C)C[C@@H](C)N1. The van der Waals surface area contributed by atoms with Crippen LogP contribution in [0.4, 0.5) is 4.79 Å². The van der Waals surface area contributed by atoms with Gasteiger partial charge in [0, 0.05) is 25.2 Å². The third-order valence-electron chi connectivity index (χ3n) is 2.21. The van der Waals surface area contributed by atoms with E-state index in [-0.39, 0.29) is 6.09 Å². The van der Waals surface area contributed by atoms with E-state index in [0.29, 0.717) is 12.1 Å². The first kappa shape index (κ1) is 12.3. The second-order valence-corrected chi connectivity index (χ2v) is 5.35. The van der Waals surface area contributed by atoms with Crippen molar-refractivity contribution in [1.29, 1.82) is 0 Å². The fourth-order valence-electron chi connectivity index (χ4n) is 1.80. The normalized spacial score (nSPS) is 27.7. The number of piperazine rings is 1. The second kappa shape index (κ2) is 4.39. The Morgan fingerprint density at radius 1 is 1.27 bits per heavy atom. The van der Waals surface area contributed by atoms with Gasteiger partial charge in [0.05, 0.1) is 0 Å². The summed E-state index contributed by atoms with van der Waals surface area (Å²) in [6.07, 6.45) is -0.206. The number of hydrogen-bond donors (Lipinski definition) is 1. The number of rotatable bonds is 0. The molecule has 0 spiro atoms. The van der Waals surface area contributed by atoms with Crippen molar-refractivity contribution >= 4 is 6.09 Å². The minimum absolute atomic E-state index is 0.206. The van der Waals surface area contributed by atoms with Gasteiger partial charge in [0.2, 0.25) is 0 Å². The molecule has 0 aromatic rings. The standard InChI is InChI=1S/C11H22N2O2/c1-8-6-13(7-9(2)12-8)10(14)15-11(3,4)5/h8-9,12H,6-7H2,1-5H3/t8-,9?/m1/s1. The molecule has 0 aromatic carbocycles. The van der Waals surface area contributed by atoms with E-state index >= 15 is 0 Å². The van der Waals surface area contributed by atoms with Crippen molar-refractivity contribution in [3.05, 3.63) is 0 Å². The lowest BCUT2D eigenvalue weighted by atomic mass is 10.1. The molecule has 1 rings (SSSR count). The monoisotopic (exact) mass is 214 g/mol. The third kappa shape index (κ3) is 4.08. The Bertz CT molecular complexity index is 225. The predicted molar refractivity (Wildman–Crippen MR) is 59.9 cm³/mol. The van der Waals surface area contributed by atoms with Crippen LogP contribution in [-0.2, 0) is 4.74 Å². The summed E-state index contributed by atoms with van der Waals surface area (Å²) in [4.78, 5) is 13.6. The molecular weight excluding hydrogens is 192 g/mol. The average Bonchev–Trinajstić information content (AvgIpc) is 1.98. The summed E-state index contributed by atoms with van der Waals surface area (Å²) in [5.74, 6) is 0. The molecule has 2 atom stereocenters. The number of carbonyl (C=O) groups excluding carboxylic acids is 1. The van der Waals surface area contributed by atoms with Crippen molar-refractivity contribution in [2.45, 2.75) is 52.3 Å². The van der Waals surface area contributed by atoms with Gasteiger partial charge in [0.25, 0.3) is 0 Å². The quantitative estimate of drug-likeness (QED) is 0.666. The molecule has 88 valence electrons. The first-order valence-corrected chi connectivity index (χ1v) is 5.52. The molecule has 1 saturated heterocycles. The van der Waals surface area contributed by atoms with Crippen LogP contribution in [0.1, 0.15) is 34.6 Å². The third-order valence-corrected chi connectivity index (χ3v) is 2.21. The Kier molecular flexibility index (Phi) is 3.60. The maximum atomic E-state index is 11.8. The summed E-state index contributed by atoms with van der Waals surface area (Å²) in [5.41, 5.74) is -0.408. The fourth-order valence-corrected chi connectivity index (χ4v) is 1.80. The summed E-state index contributed by atoms with van der Waals surface area (Å²) < 4.78 is 5.33. The van der Waals surface area contributed by atoms with E-state index in [1.54, 1.807) is 4.90 Å². The number of hydrogen-bond acceptors (Lipinski definition) is 3. The number of nitrogens with one attached hydrogen (secondary N) is 1. The molecule has 0 aliphatic carbocycles. The molecule has 4 nitrogen and oxygen atoms in total. The van der Waals surface area contributed by atoms with Crippen LogP contribution in [0.2, 0.25) is 0 Å². The molecule has 0 aromatic heterocycles. The van der Waals surface area contributed by atoms with E-state index in [4.69, 9.17) is 4.74 Å². The van der Waals surface area contributed by atoms with E-state index in [1.165, 1.54) is 0 Å². The van der Waals surface area contributed by atoms with Crippen molar-refractivity contribution in [2.75, 3.05) is 13.1 Å². The topological polar surface area (TPSA) is 41.6 Å². The lowest BCUT2D eigenvalue weighted by molar-refractivity contribution is 0.0167. The van der Waals surface area contributed by atoms with Crippen LogP contribution < -0.4 is 5.32 Å². The smallest absolute Gasteiger partial charge is 0.410 e. The summed E-state index contributed by atoms with van der Waals surface area (Å²) in [6, 6.07) is 0.669. The highest BCUT2D eigenvalue weighted by Crippen LogP contribution is 2.12. The Morgan fingerprint density at radius 3 is 2.13 bits per heavy atom. The second-order valence-electron chi connectivity index (χ2n) is 5.35. The van der Waals surface area contributed by atoms with Gasteiger partial charge in [-0.2, -0.15) is 0 Å². The van der Waals surface area contributed by atoms with Gasteiger partial charge in [0.15, 0.2) is 0 Å². The van der Waals surface area contributed by atoms with Gasteiger partial charge in [-0.1, -0.05) is 0 Å². The number of ether oxygens (including phenoxy) is 1. The zero-order valence-corrected chi connectivity index (χ0v) is 10.3. The van der Waals surface area contributed by atoms with Crippen molar-refractivity contribution in [3.63, 3.8) is 0 Å². The van der Waals surface area contributed by atoms with Gasteiger partial charge in [-0.3, -0.25) is 0 Å². The molecule has 1 heterocycles. The van der Waals surface area contributed by atoms with E-state index in [1.807, 2.05) is 20.8 Å². The lowest BCUT2D eigenvalue weighted by Crippen LogP contribution is -2.56. The van der Waals surface area contributed by atoms with E-state index < -0.39 is 5.60 Å². The van der Waals surface area contributed by atoms with Gasteiger partial charge in [-0.25, -0.2) is 4.79 Å².